The van der Waals surface area contributed by atoms with Gasteiger partial charge < -0.3 is 14.5 Å². The van der Waals surface area contributed by atoms with E-state index >= 15 is 0 Å². The molecular weight excluding hydrogens is 452 g/mol. The van der Waals surface area contributed by atoms with Gasteiger partial charge in [0, 0.05) is 44.1 Å². The molecule has 0 atom stereocenters. The number of hydrogen-bond donors (Lipinski definition) is 0. The summed E-state index contributed by atoms with van der Waals surface area (Å²) in [5, 5.41) is 14.3. The van der Waals surface area contributed by atoms with E-state index in [1.54, 1.807) is 36.3 Å². The summed E-state index contributed by atoms with van der Waals surface area (Å²) in [6, 6.07) is 23.1. The van der Waals surface area contributed by atoms with E-state index in [0.717, 1.165) is 24.2 Å². The monoisotopic (exact) mass is 478 g/mol. The quantitative estimate of drug-likeness (QED) is 0.428. The van der Waals surface area contributed by atoms with Crippen molar-refractivity contribution in [2.24, 2.45) is 0 Å². The number of aromatic nitrogens is 3. The first-order valence-electron chi connectivity index (χ1n) is 11.9. The average molecular weight is 479 g/mol. The topological polar surface area (TPSA) is 87.3 Å². The number of methoxy groups -OCH3 is 1. The third kappa shape index (κ3) is 4.51. The number of rotatable bonds is 5. The molecule has 0 bridgehead atoms. The zero-order chi connectivity index (χ0) is 24.9. The van der Waals surface area contributed by atoms with Crippen LogP contribution >= 0.6 is 0 Å². The second-order valence-corrected chi connectivity index (χ2v) is 8.49. The molecule has 1 saturated heterocycles. The Morgan fingerprint density at radius 2 is 1.78 bits per heavy atom. The van der Waals surface area contributed by atoms with Crippen molar-refractivity contribution in [3.8, 4) is 28.8 Å². The Morgan fingerprint density at radius 3 is 2.58 bits per heavy atom. The number of ether oxygens (including phenoxy) is 1. The number of hydrogen-bond acceptors (Lipinski definition) is 6. The summed E-state index contributed by atoms with van der Waals surface area (Å²) in [7, 11) is 1.62. The van der Waals surface area contributed by atoms with Gasteiger partial charge in [-0.1, -0.05) is 30.3 Å². The Kier molecular flexibility index (Phi) is 6.63. The van der Waals surface area contributed by atoms with Gasteiger partial charge in [-0.3, -0.25) is 4.79 Å². The number of anilines is 1. The van der Waals surface area contributed by atoms with Crippen LogP contribution in [0.2, 0.25) is 0 Å². The molecule has 1 aliphatic rings. The molecule has 0 saturated carbocycles. The molecule has 8 heteroatoms. The van der Waals surface area contributed by atoms with Gasteiger partial charge in [0.05, 0.1) is 23.9 Å². The van der Waals surface area contributed by atoms with Gasteiger partial charge in [0.2, 0.25) is 0 Å². The third-order valence-electron chi connectivity index (χ3n) is 6.32. The predicted octanol–water partition coefficient (Wildman–Crippen LogP) is 4.17. The summed E-state index contributed by atoms with van der Waals surface area (Å²) in [6.45, 7) is 2.43. The van der Waals surface area contributed by atoms with Crippen LogP contribution in [-0.2, 0) is 0 Å². The molecule has 36 heavy (non-hydrogen) atoms. The fraction of sp³-hybridized carbons (Fsp3) is 0.214. The zero-order valence-corrected chi connectivity index (χ0v) is 20.0. The molecule has 1 fully saturated rings. The van der Waals surface area contributed by atoms with E-state index in [1.807, 2.05) is 59.5 Å². The van der Waals surface area contributed by atoms with Crippen molar-refractivity contribution in [1.29, 1.82) is 5.26 Å². The number of para-hydroxylation sites is 2. The van der Waals surface area contributed by atoms with E-state index in [-0.39, 0.29) is 5.91 Å². The van der Waals surface area contributed by atoms with Crippen LogP contribution in [0.15, 0.2) is 79.1 Å². The van der Waals surface area contributed by atoms with Gasteiger partial charge in [0.15, 0.2) is 0 Å². The largest absolute Gasteiger partial charge is 0.496 e. The lowest BCUT2D eigenvalue weighted by molar-refractivity contribution is 0.0767. The van der Waals surface area contributed by atoms with Crippen LogP contribution in [0.1, 0.15) is 22.3 Å². The van der Waals surface area contributed by atoms with E-state index in [2.05, 4.69) is 16.0 Å². The van der Waals surface area contributed by atoms with E-state index < -0.39 is 0 Å². The van der Waals surface area contributed by atoms with Crippen LogP contribution in [0.3, 0.4) is 0 Å². The predicted molar refractivity (Wildman–Crippen MR) is 137 cm³/mol. The molecule has 0 radical (unpaired) electrons. The Balaban J connectivity index is 1.48. The molecule has 180 valence electrons. The van der Waals surface area contributed by atoms with Crippen LogP contribution in [0.4, 0.5) is 5.82 Å². The molecule has 5 rings (SSSR count). The van der Waals surface area contributed by atoms with Gasteiger partial charge >= 0.3 is 0 Å². The maximum absolute atomic E-state index is 13.9. The fourth-order valence-corrected chi connectivity index (χ4v) is 4.52. The maximum atomic E-state index is 13.9. The minimum absolute atomic E-state index is 0.0820. The van der Waals surface area contributed by atoms with Gasteiger partial charge in [-0.2, -0.15) is 10.4 Å². The summed E-state index contributed by atoms with van der Waals surface area (Å²) in [4.78, 5) is 22.3. The van der Waals surface area contributed by atoms with Gasteiger partial charge in [0.1, 0.15) is 23.3 Å². The molecule has 1 amide bonds. The van der Waals surface area contributed by atoms with Crippen molar-refractivity contribution in [3.05, 3.63) is 90.3 Å². The Morgan fingerprint density at radius 1 is 0.972 bits per heavy atom. The van der Waals surface area contributed by atoms with Gasteiger partial charge in [-0.05, 0) is 42.8 Å². The van der Waals surface area contributed by atoms with Crippen molar-refractivity contribution < 1.29 is 9.53 Å². The average Bonchev–Trinajstić information content (AvgIpc) is 3.24. The highest BCUT2D eigenvalue weighted by Crippen LogP contribution is 2.32. The fourth-order valence-electron chi connectivity index (χ4n) is 4.52. The summed E-state index contributed by atoms with van der Waals surface area (Å²) in [5.74, 6) is 1.24. The maximum Gasteiger partial charge on any atom is 0.257 e. The van der Waals surface area contributed by atoms with Crippen LogP contribution in [0, 0.1) is 11.3 Å². The van der Waals surface area contributed by atoms with Crippen molar-refractivity contribution in [1.82, 2.24) is 19.7 Å². The molecule has 2 aromatic carbocycles. The van der Waals surface area contributed by atoms with Crippen molar-refractivity contribution in [2.75, 3.05) is 38.2 Å². The lowest BCUT2D eigenvalue weighted by Crippen LogP contribution is -2.35. The number of pyridine rings is 1. The van der Waals surface area contributed by atoms with Crippen LogP contribution < -0.4 is 9.64 Å². The minimum Gasteiger partial charge on any atom is -0.496 e. The van der Waals surface area contributed by atoms with Crippen molar-refractivity contribution in [3.63, 3.8) is 0 Å². The molecule has 4 aromatic rings. The first-order chi connectivity index (χ1) is 17.7. The summed E-state index contributed by atoms with van der Waals surface area (Å²) >= 11 is 0. The first kappa shape index (κ1) is 23.1. The normalized spacial score (nSPS) is 13.7. The molecule has 0 aliphatic carbocycles. The highest BCUT2D eigenvalue weighted by molar-refractivity contribution is 6.00. The standard InChI is InChI=1S/C28H26N6O2/c1-36-25-13-6-5-12-23(25)26-24(20-34(31-26)22-10-3-2-4-11-22)28(35)33-16-8-15-32(17-18-33)27-21(19-29)9-7-14-30-27/h2-7,9-14,20H,8,15-18H2,1H3. The molecule has 0 unspecified atom stereocenters. The Hall–Kier alpha value is -4.64. The van der Waals surface area contributed by atoms with E-state index in [0.29, 0.717) is 48.0 Å². The van der Waals surface area contributed by atoms with E-state index in [1.165, 1.54) is 0 Å². The van der Waals surface area contributed by atoms with E-state index in [9.17, 15) is 10.1 Å². The van der Waals surface area contributed by atoms with Gasteiger partial charge in [0.25, 0.3) is 5.91 Å². The summed E-state index contributed by atoms with van der Waals surface area (Å²) in [6.07, 6.45) is 4.26. The number of amides is 1. The second kappa shape index (κ2) is 10.3. The van der Waals surface area contributed by atoms with Crippen LogP contribution in [-0.4, -0.2) is 58.9 Å². The molecular formula is C28H26N6O2. The minimum atomic E-state index is -0.0820. The number of nitrogens with zero attached hydrogens (tertiary/aromatic N) is 6. The van der Waals surface area contributed by atoms with Crippen LogP contribution in [0.25, 0.3) is 16.9 Å². The van der Waals surface area contributed by atoms with Crippen LogP contribution in [0.5, 0.6) is 5.75 Å². The number of benzene rings is 2. The number of nitriles is 1. The molecule has 0 N–H and O–H groups in total. The highest BCUT2D eigenvalue weighted by atomic mass is 16.5. The van der Waals surface area contributed by atoms with Gasteiger partial charge in [-0.25, -0.2) is 9.67 Å². The smallest absolute Gasteiger partial charge is 0.257 e. The number of carbonyl (C=O) groups excluding carboxylic acids is 1. The molecule has 2 aromatic heterocycles. The molecule has 3 heterocycles. The lowest BCUT2D eigenvalue weighted by atomic mass is 10.1. The van der Waals surface area contributed by atoms with Crippen molar-refractivity contribution in [2.45, 2.75) is 6.42 Å². The van der Waals surface area contributed by atoms with E-state index in [4.69, 9.17) is 9.84 Å². The first-order valence-corrected chi connectivity index (χ1v) is 11.9. The second-order valence-electron chi connectivity index (χ2n) is 8.49. The third-order valence-corrected chi connectivity index (χ3v) is 6.32. The van der Waals surface area contributed by atoms with Crippen molar-refractivity contribution >= 4 is 11.7 Å². The Bertz CT molecular complexity index is 1410. The molecule has 1 aliphatic heterocycles. The number of carbonyl (C=O) groups is 1. The Labute approximate surface area is 210 Å². The SMILES string of the molecule is COc1ccccc1-c1nn(-c2ccccc2)cc1C(=O)N1CCCN(c2ncccc2C#N)CC1. The lowest BCUT2D eigenvalue weighted by Gasteiger charge is -2.23. The summed E-state index contributed by atoms with van der Waals surface area (Å²) in [5.41, 5.74) is 3.28. The summed E-state index contributed by atoms with van der Waals surface area (Å²) < 4.78 is 7.33. The highest BCUT2D eigenvalue weighted by Gasteiger charge is 2.27. The van der Waals surface area contributed by atoms with Gasteiger partial charge in [-0.15, -0.1) is 0 Å². The molecule has 0 spiro atoms. The molecule has 8 nitrogen and oxygen atoms in total. The zero-order valence-electron chi connectivity index (χ0n) is 20.0.